The first kappa shape index (κ1) is 14.5. The Hall–Kier alpha value is -0.900. The number of nitrogens with zero attached hydrogens (tertiary/aromatic N) is 2. The van der Waals surface area contributed by atoms with Crippen molar-refractivity contribution < 1.29 is 4.79 Å². The van der Waals surface area contributed by atoms with Gasteiger partial charge < -0.3 is 0 Å². The highest BCUT2D eigenvalue weighted by molar-refractivity contribution is 9.10. The SMILES string of the molecule is CCn1nc(C)c(Br)c1CC(=O)C1=CCCCCC1. The average Bonchev–Trinajstić information content (AvgIpc) is 2.65. The standard InChI is InChI=1S/C15H21BrN2O/c1-3-18-13(15(16)11(2)17-18)10-14(19)12-8-6-4-5-7-9-12/h8H,3-7,9-10H2,1-2H3. The number of allylic oxidation sites excluding steroid dienone is 2. The Kier molecular flexibility index (Phi) is 4.97. The molecule has 0 saturated heterocycles. The van der Waals surface area contributed by atoms with Crippen LogP contribution in [0.25, 0.3) is 0 Å². The van der Waals surface area contributed by atoms with Gasteiger partial charge in [0.15, 0.2) is 5.78 Å². The maximum absolute atomic E-state index is 12.4. The Balaban J connectivity index is 2.16. The fourth-order valence-electron chi connectivity index (χ4n) is 2.57. The van der Waals surface area contributed by atoms with Crippen molar-refractivity contribution in [2.45, 2.75) is 58.9 Å². The van der Waals surface area contributed by atoms with E-state index in [2.05, 4.69) is 34.0 Å². The van der Waals surface area contributed by atoms with Crippen LogP contribution in [0.2, 0.25) is 0 Å². The minimum Gasteiger partial charge on any atom is -0.294 e. The lowest BCUT2D eigenvalue weighted by Gasteiger charge is -2.07. The lowest BCUT2D eigenvalue weighted by molar-refractivity contribution is -0.115. The molecule has 0 aromatic carbocycles. The molecular weight excluding hydrogens is 304 g/mol. The molecule has 0 spiro atoms. The van der Waals surface area contributed by atoms with Crippen molar-refractivity contribution in [3.8, 4) is 0 Å². The first-order valence-corrected chi connectivity index (χ1v) is 7.86. The van der Waals surface area contributed by atoms with Gasteiger partial charge in [-0.3, -0.25) is 9.48 Å². The molecule has 104 valence electrons. The van der Waals surface area contributed by atoms with Crippen LogP contribution in [0.15, 0.2) is 16.1 Å². The van der Waals surface area contributed by atoms with Crippen molar-refractivity contribution in [2.75, 3.05) is 0 Å². The van der Waals surface area contributed by atoms with E-state index >= 15 is 0 Å². The number of halogens is 1. The monoisotopic (exact) mass is 324 g/mol. The molecular formula is C15H21BrN2O. The second-order valence-electron chi connectivity index (χ2n) is 5.09. The predicted octanol–water partition coefficient (Wildman–Crippen LogP) is 3.98. The summed E-state index contributed by atoms with van der Waals surface area (Å²) in [5, 5.41) is 4.44. The molecule has 0 N–H and O–H groups in total. The lowest BCUT2D eigenvalue weighted by atomic mass is 10.0. The first-order valence-electron chi connectivity index (χ1n) is 7.07. The van der Waals surface area contributed by atoms with E-state index in [1.54, 1.807) is 0 Å². The Labute approximate surface area is 123 Å². The summed E-state index contributed by atoms with van der Waals surface area (Å²) in [7, 11) is 0. The number of Topliss-reactive ketones (excluding diaryl/α,β-unsaturated/α-hetero) is 1. The molecule has 0 amide bonds. The summed E-state index contributed by atoms with van der Waals surface area (Å²) < 4.78 is 2.91. The molecule has 3 nitrogen and oxygen atoms in total. The highest BCUT2D eigenvalue weighted by Crippen LogP contribution is 2.24. The van der Waals surface area contributed by atoms with Gasteiger partial charge in [-0.2, -0.15) is 5.10 Å². The van der Waals surface area contributed by atoms with Crippen LogP contribution in [-0.4, -0.2) is 15.6 Å². The van der Waals surface area contributed by atoms with E-state index in [9.17, 15) is 4.79 Å². The van der Waals surface area contributed by atoms with Gasteiger partial charge in [-0.15, -0.1) is 0 Å². The van der Waals surface area contributed by atoms with E-state index < -0.39 is 0 Å². The van der Waals surface area contributed by atoms with Gasteiger partial charge in [0.1, 0.15) is 0 Å². The summed E-state index contributed by atoms with van der Waals surface area (Å²) in [6.45, 7) is 4.82. The molecule has 0 aliphatic heterocycles. The van der Waals surface area contributed by atoms with Gasteiger partial charge in [-0.05, 0) is 61.0 Å². The molecule has 1 aromatic heterocycles. The zero-order chi connectivity index (χ0) is 13.8. The molecule has 1 aromatic rings. The smallest absolute Gasteiger partial charge is 0.164 e. The van der Waals surface area contributed by atoms with Crippen LogP contribution in [0.3, 0.4) is 0 Å². The summed E-state index contributed by atoms with van der Waals surface area (Å²) in [5.41, 5.74) is 2.99. The quantitative estimate of drug-likeness (QED) is 0.839. The fraction of sp³-hybridized carbons (Fsp3) is 0.600. The van der Waals surface area contributed by atoms with Crippen molar-refractivity contribution in [3.05, 3.63) is 27.5 Å². The zero-order valence-electron chi connectivity index (χ0n) is 11.7. The van der Waals surface area contributed by atoms with Crippen LogP contribution in [0.4, 0.5) is 0 Å². The molecule has 2 rings (SSSR count). The summed E-state index contributed by atoms with van der Waals surface area (Å²) in [6, 6.07) is 0. The normalized spacial score (nSPS) is 16.1. The van der Waals surface area contributed by atoms with Crippen LogP contribution >= 0.6 is 15.9 Å². The molecule has 0 radical (unpaired) electrons. The van der Waals surface area contributed by atoms with E-state index in [0.717, 1.165) is 47.2 Å². The van der Waals surface area contributed by atoms with Crippen LogP contribution in [-0.2, 0) is 17.8 Å². The highest BCUT2D eigenvalue weighted by Gasteiger charge is 2.18. The third-order valence-corrected chi connectivity index (χ3v) is 4.71. The van der Waals surface area contributed by atoms with Gasteiger partial charge in [0.25, 0.3) is 0 Å². The number of rotatable bonds is 4. The van der Waals surface area contributed by atoms with E-state index in [-0.39, 0.29) is 5.78 Å². The third-order valence-electron chi connectivity index (χ3n) is 3.68. The third kappa shape index (κ3) is 3.35. The fourth-order valence-corrected chi connectivity index (χ4v) is 3.00. The van der Waals surface area contributed by atoms with Gasteiger partial charge in [-0.1, -0.05) is 12.5 Å². The Morgan fingerprint density at radius 3 is 2.95 bits per heavy atom. The molecule has 4 heteroatoms. The van der Waals surface area contributed by atoms with Crippen molar-refractivity contribution in [1.82, 2.24) is 9.78 Å². The van der Waals surface area contributed by atoms with Crippen LogP contribution < -0.4 is 0 Å². The Morgan fingerprint density at radius 2 is 2.21 bits per heavy atom. The van der Waals surface area contributed by atoms with E-state index in [1.165, 1.54) is 12.8 Å². The Bertz CT molecular complexity index is 502. The molecule has 0 saturated carbocycles. The van der Waals surface area contributed by atoms with Crippen LogP contribution in [0.1, 0.15) is 50.4 Å². The number of ketones is 1. The van der Waals surface area contributed by atoms with Crippen LogP contribution in [0, 0.1) is 6.92 Å². The molecule has 1 heterocycles. The summed E-state index contributed by atoms with van der Waals surface area (Å²) >= 11 is 3.55. The van der Waals surface area contributed by atoms with Gasteiger partial charge in [0.05, 0.1) is 22.3 Å². The van der Waals surface area contributed by atoms with Gasteiger partial charge in [0.2, 0.25) is 0 Å². The van der Waals surface area contributed by atoms with Gasteiger partial charge in [0, 0.05) is 6.54 Å². The molecule has 1 aliphatic rings. The number of carbonyl (C=O) groups is 1. The second-order valence-corrected chi connectivity index (χ2v) is 5.88. The number of aromatic nitrogens is 2. The number of hydrogen-bond donors (Lipinski definition) is 0. The minimum absolute atomic E-state index is 0.261. The number of hydrogen-bond acceptors (Lipinski definition) is 2. The van der Waals surface area contributed by atoms with Crippen LogP contribution in [0.5, 0.6) is 0 Å². The van der Waals surface area contributed by atoms with Gasteiger partial charge in [-0.25, -0.2) is 0 Å². The maximum Gasteiger partial charge on any atom is 0.164 e. The highest BCUT2D eigenvalue weighted by atomic mass is 79.9. The first-order chi connectivity index (χ1) is 9.13. The minimum atomic E-state index is 0.261. The lowest BCUT2D eigenvalue weighted by Crippen LogP contribution is -2.12. The summed E-state index contributed by atoms with van der Waals surface area (Å²) in [5.74, 6) is 0.261. The summed E-state index contributed by atoms with van der Waals surface area (Å²) in [4.78, 5) is 12.4. The second kappa shape index (κ2) is 6.51. The number of carbonyl (C=O) groups excluding carboxylic acids is 1. The van der Waals surface area contributed by atoms with Gasteiger partial charge >= 0.3 is 0 Å². The van der Waals surface area contributed by atoms with Crippen molar-refractivity contribution >= 4 is 21.7 Å². The van der Waals surface area contributed by atoms with Crippen molar-refractivity contribution in [1.29, 1.82) is 0 Å². The van der Waals surface area contributed by atoms with E-state index in [1.807, 2.05) is 11.6 Å². The molecule has 1 aliphatic carbocycles. The van der Waals surface area contributed by atoms with Crippen molar-refractivity contribution in [3.63, 3.8) is 0 Å². The molecule has 0 unspecified atom stereocenters. The van der Waals surface area contributed by atoms with Crippen molar-refractivity contribution in [2.24, 2.45) is 0 Å². The zero-order valence-corrected chi connectivity index (χ0v) is 13.3. The Morgan fingerprint density at radius 1 is 1.42 bits per heavy atom. The number of aryl methyl sites for hydroxylation is 2. The largest absolute Gasteiger partial charge is 0.294 e. The molecule has 0 fully saturated rings. The molecule has 0 bridgehead atoms. The predicted molar refractivity (Wildman–Crippen MR) is 80.2 cm³/mol. The maximum atomic E-state index is 12.4. The molecule has 0 atom stereocenters. The van der Waals surface area contributed by atoms with E-state index in [0.29, 0.717) is 6.42 Å². The van der Waals surface area contributed by atoms with E-state index in [4.69, 9.17) is 0 Å². The topological polar surface area (TPSA) is 34.9 Å². The molecule has 19 heavy (non-hydrogen) atoms. The average molecular weight is 325 g/mol. The summed E-state index contributed by atoms with van der Waals surface area (Å²) in [6.07, 6.45) is 8.19.